The van der Waals surface area contributed by atoms with Crippen LogP contribution in [0.2, 0.25) is 0 Å². The minimum Gasteiger partial charge on any atom is -0.396 e. The van der Waals surface area contributed by atoms with Gasteiger partial charge in [0.05, 0.1) is 6.04 Å². The van der Waals surface area contributed by atoms with E-state index in [4.69, 9.17) is 4.74 Å². The van der Waals surface area contributed by atoms with Crippen LogP contribution in [0.5, 0.6) is 0 Å². The first-order valence-electron chi connectivity index (χ1n) is 9.39. The fourth-order valence-corrected chi connectivity index (χ4v) is 4.15. The van der Waals surface area contributed by atoms with Gasteiger partial charge in [0.15, 0.2) is 6.10 Å². The Balaban J connectivity index is 1.89. The van der Waals surface area contributed by atoms with Crippen molar-refractivity contribution in [2.24, 2.45) is 11.8 Å². The molecule has 2 saturated heterocycles. The number of amides is 2. The van der Waals surface area contributed by atoms with Gasteiger partial charge < -0.3 is 24.7 Å². The van der Waals surface area contributed by atoms with Gasteiger partial charge in [-0.05, 0) is 24.5 Å². The van der Waals surface area contributed by atoms with E-state index in [0.717, 1.165) is 11.1 Å². The standard InChI is InChI=1S/C20H28N2O5/c1-13-5-3-4-6-16(13)18-19(27-12-17(25)21(18)2)20(26)22-8-14(10-23)7-15(9-22)11-24/h3-6,14-15,18-19,23-24H,7-12H2,1-2H3/t14-,15+,18-,19+/m1/s1. The molecule has 148 valence electrons. The van der Waals surface area contributed by atoms with E-state index >= 15 is 0 Å². The molecule has 0 unspecified atom stereocenters. The van der Waals surface area contributed by atoms with Crippen molar-refractivity contribution in [3.05, 3.63) is 35.4 Å². The van der Waals surface area contributed by atoms with Gasteiger partial charge in [0, 0.05) is 45.2 Å². The Labute approximate surface area is 159 Å². The highest BCUT2D eigenvalue weighted by molar-refractivity contribution is 5.86. The zero-order chi connectivity index (χ0) is 19.6. The summed E-state index contributed by atoms with van der Waals surface area (Å²) in [7, 11) is 1.70. The molecule has 27 heavy (non-hydrogen) atoms. The van der Waals surface area contributed by atoms with Gasteiger partial charge in [0.1, 0.15) is 6.61 Å². The van der Waals surface area contributed by atoms with Crippen LogP contribution >= 0.6 is 0 Å². The fraction of sp³-hybridized carbons (Fsp3) is 0.600. The van der Waals surface area contributed by atoms with Gasteiger partial charge in [-0.2, -0.15) is 0 Å². The van der Waals surface area contributed by atoms with Gasteiger partial charge in [-0.3, -0.25) is 9.59 Å². The third kappa shape index (κ3) is 4.00. The largest absolute Gasteiger partial charge is 0.396 e. The van der Waals surface area contributed by atoms with Crippen LogP contribution in [0, 0.1) is 18.8 Å². The number of piperidine rings is 1. The average Bonchev–Trinajstić information content (AvgIpc) is 2.69. The second-order valence-electron chi connectivity index (χ2n) is 7.61. The zero-order valence-electron chi connectivity index (χ0n) is 15.9. The topological polar surface area (TPSA) is 90.3 Å². The first kappa shape index (κ1) is 19.8. The predicted molar refractivity (Wildman–Crippen MR) is 98.8 cm³/mol. The molecule has 4 atom stereocenters. The number of carbonyl (C=O) groups excluding carboxylic acids is 2. The van der Waals surface area contributed by atoms with Gasteiger partial charge in [-0.25, -0.2) is 0 Å². The molecule has 3 rings (SSSR count). The van der Waals surface area contributed by atoms with E-state index in [2.05, 4.69) is 0 Å². The predicted octanol–water partition coefficient (Wildman–Crippen LogP) is 0.343. The van der Waals surface area contributed by atoms with Crippen molar-refractivity contribution in [1.82, 2.24) is 9.80 Å². The van der Waals surface area contributed by atoms with Crippen LogP contribution in [0.25, 0.3) is 0 Å². The van der Waals surface area contributed by atoms with E-state index in [1.54, 1.807) is 16.8 Å². The number of hydrogen-bond donors (Lipinski definition) is 2. The van der Waals surface area contributed by atoms with Crippen LogP contribution in [-0.2, 0) is 14.3 Å². The van der Waals surface area contributed by atoms with E-state index in [0.29, 0.717) is 19.5 Å². The minimum atomic E-state index is -0.800. The van der Waals surface area contributed by atoms with Crippen molar-refractivity contribution >= 4 is 11.8 Å². The van der Waals surface area contributed by atoms with Gasteiger partial charge in [0.2, 0.25) is 5.91 Å². The summed E-state index contributed by atoms with van der Waals surface area (Å²) in [5, 5.41) is 19.1. The quantitative estimate of drug-likeness (QED) is 0.791. The lowest BCUT2D eigenvalue weighted by atomic mass is 9.88. The molecule has 0 radical (unpaired) electrons. The Kier molecular flexibility index (Phi) is 6.14. The molecule has 7 heteroatoms. The number of likely N-dealkylation sites (tertiary alicyclic amines) is 1. The molecule has 1 aromatic carbocycles. The van der Waals surface area contributed by atoms with Gasteiger partial charge in [-0.15, -0.1) is 0 Å². The number of nitrogens with zero attached hydrogens (tertiary/aromatic N) is 2. The summed E-state index contributed by atoms with van der Waals surface area (Å²) in [5.41, 5.74) is 1.88. The Bertz CT molecular complexity index is 683. The summed E-state index contributed by atoms with van der Waals surface area (Å²) in [6.45, 7) is 2.65. The van der Waals surface area contributed by atoms with Crippen molar-refractivity contribution in [3.63, 3.8) is 0 Å². The summed E-state index contributed by atoms with van der Waals surface area (Å²) in [5.74, 6) is -0.467. The number of aliphatic hydroxyl groups excluding tert-OH is 2. The van der Waals surface area contributed by atoms with Crippen LogP contribution in [0.1, 0.15) is 23.6 Å². The molecule has 2 fully saturated rings. The molecule has 1 aromatic rings. The van der Waals surface area contributed by atoms with Gasteiger partial charge in [0.25, 0.3) is 5.91 Å². The van der Waals surface area contributed by atoms with E-state index in [1.807, 2.05) is 31.2 Å². The van der Waals surface area contributed by atoms with Crippen molar-refractivity contribution in [2.45, 2.75) is 25.5 Å². The number of aliphatic hydroxyl groups is 2. The maximum absolute atomic E-state index is 13.3. The Morgan fingerprint density at radius 2 is 1.81 bits per heavy atom. The molecule has 7 nitrogen and oxygen atoms in total. The van der Waals surface area contributed by atoms with Gasteiger partial charge in [-0.1, -0.05) is 24.3 Å². The highest BCUT2D eigenvalue weighted by Gasteiger charge is 2.43. The molecule has 0 saturated carbocycles. The minimum absolute atomic E-state index is 0.0224. The number of likely N-dealkylation sites (N-methyl/N-ethyl adjacent to an activating group) is 1. The summed E-state index contributed by atoms with van der Waals surface area (Å²) >= 11 is 0. The van der Waals surface area contributed by atoms with Crippen LogP contribution in [-0.4, -0.2) is 77.9 Å². The number of aryl methyl sites for hydroxylation is 1. The van der Waals surface area contributed by atoms with Crippen molar-refractivity contribution in [1.29, 1.82) is 0 Å². The highest BCUT2D eigenvalue weighted by Crippen LogP contribution is 2.33. The van der Waals surface area contributed by atoms with E-state index in [-0.39, 0.29) is 43.5 Å². The Morgan fingerprint density at radius 1 is 1.19 bits per heavy atom. The average molecular weight is 376 g/mol. The first-order chi connectivity index (χ1) is 13.0. The Hall–Kier alpha value is -1.96. The van der Waals surface area contributed by atoms with Crippen molar-refractivity contribution < 1.29 is 24.5 Å². The SMILES string of the molecule is Cc1ccccc1[C@@H]1[C@@H](C(=O)N2C[C@H](CO)C[C@H](CO)C2)OCC(=O)N1C. The fourth-order valence-electron chi connectivity index (χ4n) is 4.15. The van der Waals surface area contributed by atoms with E-state index in [1.165, 1.54) is 0 Å². The molecule has 2 aliphatic rings. The summed E-state index contributed by atoms with van der Waals surface area (Å²) in [4.78, 5) is 28.8. The monoisotopic (exact) mass is 376 g/mol. The summed E-state index contributed by atoms with van der Waals surface area (Å²) in [6.07, 6.45) is -0.104. The van der Waals surface area contributed by atoms with Crippen LogP contribution < -0.4 is 0 Å². The Morgan fingerprint density at radius 3 is 2.41 bits per heavy atom. The third-order valence-corrected chi connectivity index (χ3v) is 5.69. The van der Waals surface area contributed by atoms with Crippen LogP contribution in [0.3, 0.4) is 0 Å². The number of hydrogen-bond acceptors (Lipinski definition) is 5. The second-order valence-corrected chi connectivity index (χ2v) is 7.61. The van der Waals surface area contributed by atoms with Crippen LogP contribution in [0.15, 0.2) is 24.3 Å². The number of carbonyl (C=O) groups is 2. The number of ether oxygens (including phenoxy) is 1. The molecule has 0 aliphatic carbocycles. The first-order valence-corrected chi connectivity index (χ1v) is 9.39. The van der Waals surface area contributed by atoms with E-state index < -0.39 is 12.1 Å². The molecule has 2 heterocycles. The van der Waals surface area contributed by atoms with Gasteiger partial charge >= 0.3 is 0 Å². The molecule has 0 aromatic heterocycles. The normalized spacial score (nSPS) is 29.1. The van der Waals surface area contributed by atoms with Crippen molar-refractivity contribution in [2.75, 3.05) is 40.0 Å². The number of rotatable bonds is 4. The molecular weight excluding hydrogens is 348 g/mol. The summed E-state index contributed by atoms with van der Waals surface area (Å²) < 4.78 is 5.73. The molecular formula is C20H28N2O5. The lowest BCUT2D eigenvalue weighted by molar-refractivity contribution is -0.169. The molecule has 0 spiro atoms. The smallest absolute Gasteiger partial charge is 0.254 e. The molecule has 2 aliphatic heterocycles. The molecule has 2 N–H and O–H groups in total. The highest BCUT2D eigenvalue weighted by atomic mass is 16.5. The number of benzene rings is 1. The maximum atomic E-state index is 13.3. The second kappa shape index (κ2) is 8.37. The lowest BCUT2D eigenvalue weighted by Gasteiger charge is -2.43. The van der Waals surface area contributed by atoms with E-state index in [9.17, 15) is 19.8 Å². The molecule has 2 amide bonds. The lowest BCUT2D eigenvalue weighted by Crippen LogP contribution is -2.56. The number of morpholine rings is 1. The third-order valence-electron chi connectivity index (χ3n) is 5.69. The maximum Gasteiger partial charge on any atom is 0.254 e. The zero-order valence-corrected chi connectivity index (χ0v) is 15.9. The van der Waals surface area contributed by atoms with Crippen molar-refractivity contribution in [3.8, 4) is 0 Å². The molecule has 0 bridgehead atoms. The summed E-state index contributed by atoms with van der Waals surface area (Å²) in [6, 6.07) is 7.18. The van der Waals surface area contributed by atoms with Crippen LogP contribution in [0.4, 0.5) is 0 Å².